The minimum atomic E-state index is -0.00807. The van der Waals surface area contributed by atoms with Crippen LogP contribution < -0.4 is 10.2 Å². The van der Waals surface area contributed by atoms with Gasteiger partial charge in [-0.2, -0.15) is 0 Å². The van der Waals surface area contributed by atoms with E-state index in [-0.39, 0.29) is 18.1 Å². The molecule has 0 saturated carbocycles. The van der Waals surface area contributed by atoms with E-state index in [1.807, 2.05) is 30.5 Å². The number of nitrogens with one attached hydrogen (secondary N) is 2. The number of ether oxygens (including phenoxy) is 1. The Kier molecular flexibility index (Phi) is 5.53. The average Bonchev–Trinajstić information content (AvgIpc) is 3.23. The summed E-state index contributed by atoms with van der Waals surface area (Å²) in [5, 5.41) is 2.90. The molecule has 0 aliphatic carbocycles. The number of amides is 1. The number of H-pyrrole nitrogens is 1. The number of aromatic amines is 1. The number of rotatable bonds is 4. The second-order valence-electron chi connectivity index (χ2n) is 8.60. The van der Waals surface area contributed by atoms with Crippen LogP contribution in [0.1, 0.15) is 41.2 Å². The van der Waals surface area contributed by atoms with Crippen LogP contribution in [-0.2, 0) is 11.2 Å². The first-order chi connectivity index (χ1) is 15.6. The number of carbonyl (C=O) groups excluding carboxylic acids is 1. The van der Waals surface area contributed by atoms with Crippen molar-refractivity contribution in [1.29, 1.82) is 0 Å². The molecule has 0 radical (unpaired) electrons. The number of fused-ring (bicyclic) bond motifs is 1. The van der Waals surface area contributed by atoms with Crippen molar-refractivity contribution < 1.29 is 9.53 Å². The second-order valence-corrected chi connectivity index (χ2v) is 8.60. The van der Waals surface area contributed by atoms with E-state index in [2.05, 4.69) is 64.4 Å². The Bertz CT molecular complexity index is 1160. The van der Waals surface area contributed by atoms with Gasteiger partial charge in [0.15, 0.2) is 0 Å². The predicted octanol–water partition coefficient (Wildman–Crippen LogP) is 4.15. The van der Waals surface area contributed by atoms with E-state index < -0.39 is 0 Å². The lowest BCUT2D eigenvalue weighted by Gasteiger charge is -2.37. The minimum absolute atomic E-state index is 0.00807. The number of hydrogen-bond donors (Lipinski definition) is 2. The van der Waals surface area contributed by atoms with Gasteiger partial charge in [0.1, 0.15) is 0 Å². The number of aromatic nitrogens is 2. The van der Waals surface area contributed by atoms with Crippen molar-refractivity contribution in [2.75, 3.05) is 24.5 Å². The van der Waals surface area contributed by atoms with Crippen LogP contribution >= 0.6 is 0 Å². The molecule has 2 aliphatic rings. The van der Waals surface area contributed by atoms with E-state index in [0.29, 0.717) is 6.54 Å². The Balaban J connectivity index is 1.40. The van der Waals surface area contributed by atoms with E-state index in [1.165, 1.54) is 5.69 Å². The highest BCUT2D eigenvalue weighted by molar-refractivity contribution is 5.97. The van der Waals surface area contributed by atoms with E-state index in [0.717, 1.165) is 53.3 Å². The van der Waals surface area contributed by atoms with Crippen molar-refractivity contribution in [3.63, 3.8) is 0 Å². The molecule has 5 rings (SSSR count). The molecule has 4 heterocycles. The Morgan fingerprint density at radius 3 is 2.72 bits per heavy atom. The zero-order valence-corrected chi connectivity index (χ0v) is 18.5. The highest BCUT2D eigenvalue weighted by atomic mass is 16.5. The highest BCUT2D eigenvalue weighted by Crippen LogP contribution is 2.27. The number of morpholine rings is 1. The summed E-state index contributed by atoms with van der Waals surface area (Å²) in [4.78, 5) is 22.4. The summed E-state index contributed by atoms with van der Waals surface area (Å²) in [6, 6.07) is 14.4. The summed E-state index contributed by atoms with van der Waals surface area (Å²) in [6.07, 6.45) is 7.23. The second kappa shape index (κ2) is 8.63. The Hall–Kier alpha value is -3.38. The van der Waals surface area contributed by atoms with Crippen molar-refractivity contribution in [2.45, 2.75) is 32.5 Å². The topological polar surface area (TPSA) is 70.2 Å². The van der Waals surface area contributed by atoms with Gasteiger partial charge in [-0.1, -0.05) is 24.3 Å². The van der Waals surface area contributed by atoms with Crippen molar-refractivity contribution >= 4 is 23.7 Å². The number of para-hydroxylation sites is 1. The van der Waals surface area contributed by atoms with Crippen molar-refractivity contribution in [1.82, 2.24) is 15.3 Å². The van der Waals surface area contributed by atoms with Gasteiger partial charge in [0.25, 0.3) is 5.91 Å². The van der Waals surface area contributed by atoms with Gasteiger partial charge in [-0.25, -0.2) is 0 Å². The molecule has 0 spiro atoms. The molecular formula is C26H28N4O2. The molecule has 6 nitrogen and oxygen atoms in total. The van der Waals surface area contributed by atoms with Crippen LogP contribution in [0, 0.1) is 0 Å². The number of carbonyl (C=O) groups is 1. The molecule has 3 aromatic rings. The first-order valence-electron chi connectivity index (χ1n) is 11.2. The van der Waals surface area contributed by atoms with Gasteiger partial charge in [0.05, 0.1) is 23.5 Å². The normalized spacial score (nSPS) is 20.9. The van der Waals surface area contributed by atoms with Crippen LogP contribution in [0.15, 0.2) is 48.7 Å². The predicted molar refractivity (Wildman–Crippen MR) is 128 cm³/mol. The lowest BCUT2D eigenvalue weighted by atomic mass is 10.1. The van der Waals surface area contributed by atoms with Gasteiger partial charge < -0.3 is 19.9 Å². The van der Waals surface area contributed by atoms with Crippen LogP contribution in [0.5, 0.6) is 0 Å². The summed E-state index contributed by atoms with van der Waals surface area (Å²) < 4.78 is 5.90. The van der Waals surface area contributed by atoms with E-state index in [4.69, 9.17) is 4.74 Å². The Labute approximate surface area is 188 Å². The van der Waals surface area contributed by atoms with Gasteiger partial charge >= 0.3 is 0 Å². The third-order valence-corrected chi connectivity index (χ3v) is 6.03. The largest absolute Gasteiger partial charge is 0.372 e. The summed E-state index contributed by atoms with van der Waals surface area (Å²) in [5.41, 5.74) is 6.95. The molecular weight excluding hydrogens is 400 g/mol. The van der Waals surface area contributed by atoms with Gasteiger partial charge in [-0.15, -0.1) is 0 Å². The highest BCUT2D eigenvalue weighted by Gasteiger charge is 2.23. The third kappa shape index (κ3) is 4.18. The smallest absolute Gasteiger partial charge is 0.253 e. The van der Waals surface area contributed by atoms with Crippen LogP contribution in [0.3, 0.4) is 0 Å². The Morgan fingerprint density at radius 2 is 1.91 bits per heavy atom. The van der Waals surface area contributed by atoms with Crippen molar-refractivity contribution in [2.24, 2.45) is 0 Å². The molecule has 6 heteroatoms. The molecule has 0 unspecified atom stereocenters. The third-order valence-electron chi connectivity index (χ3n) is 6.03. The summed E-state index contributed by atoms with van der Waals surface area (Å²) >= 11 is 0. The number of anilines is 1. The number of hydrogen-bond acceptors (Lipinski definition) is 4. The first kappa shape index (κ1) is 20.5. The lowest BCUT2D eigenvalue weighted by Crippen LogP contribution is -2.45. The lowest BCUT2D eigenvalue weighted by molar-refractivity contribution is -0.00522. The first-order valence-corrected chi connectivity index (χ1v) is 11.2. The Morgan fingerprint density at radius 1 is 1.09 bits per heavy atom. The minimum Gasteiger partial charge on any atom is -0.372 e. The van der Waals surface area contributed by atoms with E-state index in [1.54, 1.807) is 0 Å². The summed E-state index contributed by atoms with van der Waals surface area (Å²) in [5.74, 6) is -0.00807. The molecule has 32 heavy (non-hydrogen) atoms. The molecule has 164 valence electrons. The maximum absolute atomic E-state index is 12.1. The van der Waals surface area contributed by atoms with Gasteiger partial charge in [-0.3, -0.25) is 9.78 Å². The van der Waals surface area contributed by atoms with E-state index in [9.17, 15) is 4.79 Å². The average molecular weight is 429 g/mol. The number of nitrogens with zero attached hydrogens (tertiary/aromatic N) is 2. The molecule has 1 fully saturated rings. The fraction of sp³-hybridized carbons (Fsp3) is 0.308. The maximum Gasteiger partial charge on any atom is 0.253 e. The van der Waals surface area contributed by atoms with Gasteiger partial charge in [-0.05, 0) is 49.8 Å². The quantitative estimate of drug-likeness (QED) is 0.655. The zero-order valence-electron chi connectivity index (χ0n) is 18.5. The van der Waals surface area contributed by atoms with Crippen molar-refractivity contribution in [3.8, 4) is 11.3 Å². The molecule has 1 amide bonds. The maximum atomic E-state index is 12.1. The molecule has 1 aromatic carbocycles. The standard InChI is InChI=1S/C26H28N4O2/c1-17-15-30(16-18(2)32-17)25-6-4-3-5-19(25)7-8-21-13-20(9-11-27-21)24-14-22-23(29-24)10-12-28-26(22)31/h3-9,11,13-14,17-18,29H,10,12,15-16H2,1-2H3,(H,28,31)/t17-,18+. The van der Waals surface area contributed by atoms with Gasteiger partial charge in [0.2, 0.25) is 0 Å². The monoisotopic (exact) mass is 428 g/mol. The molecule has 0 bridgehead atoms. The van der Waals surface area contributed by atoms with Crippen molar-refractivity contribution in [3.05, 3.63) is 71.2 Å². The fourth-order valence-corrected chi connectivity index (χ4v) is 4.62. The van der Waals surface area contributed by atoms with E-state index >= 15 is 0 Å². The van der Waals surface area contributed by atoms with Crippen LogP contribution in [0.4, 0.5) is 5.69 Å². The van der Waals surface area contributed by atoms with Gasteiger partial charge in [0, 0.05) is 54.9 Å². The zero-order chi connectivity index (χ0) is 22.1. The number of pyridine rings is 1. The van der Waals surface area contributed by atoms with Crippen LogP contribution in [-0.4, -0.2) is 47.7 Å². The molecule has 2 N–H and O–H groups in total. The molecule has 2 atom stereocenters. The number of benzene rings is 1. The summed E-state index contributed by atoms with van der Waals surface area (Å²) in [6.45, 7) is 6.69. The molecule has 2 aromatic heterocycles. The fourth-order valence-electron chi connectivity index (χ4n) is 4.62. The van der Waals surface area contributed by atoms with Crippen LogP contribution in [0.2, 0.25) is 0 Å². The summed E-state index contributed by atoms with van der Waals surface area (Å²) in [7, 11) is 0. The van der Waals surface area contributed by atoms with Crippen LogP contribution in [0.25, 0.3) is 23.4 Å². The molecule has 1 saturated heterocycles. The SMILES string of the molecule is C[C@@H]1CN(c2ccccc2C=Cc2cc(-c3cc4c([nH]3)CCNC4=O)ccn2)C[C@H](C)O1. The molecule has 2 aliphatic heterocycles.